The van der Waals surface area contributed by atoms with Crippen molar-refractivity contribution in [3.8, 4) is 0 Å². The number of hydrogen-bond donors (Lipinski definition) is 3. The molecule has 102 valence electrons. The highest BCUT2D eigenvalue weighted by Crippen LogP contribution is 2.44. The normalized spacial score (nSPS) is 17.5. The molecule has 1 aromatic rings. The Morgan fingerprint density at radius 3 is 2.42 bits per heavy atom. The molecule has 19 heavy (non-hydrogen) atoms. The monoisotopic (exact) mass is 262 g/mol. The molecule has 4 N–H and O–H groups in total. The average Bonchev–Trinajstić information content (AvgIpc) is 3.20. The zero-order valence-corrected chi connectivity index (χ0v) is 10.6. The van der Waals surface area contributed by atoms with Crippen LogP contribution in [0.5, 0.6) is 0 Å². The molecular formula is C14H18N2O3. The molecule has 2 rings (SSSR count). The zero-order valence-electron chi connectivity index (χ0n) is 10.6. The van der Waals surface area contributed by atoms with E-state index >= 15 is 0 Å². The summed E-state index contributed by atoms with van der Waals surface area (Å²) in [5, 5.41) is 11.8. The number of carbonyl (C=O) groups excluding carboxylic acids is 1. The van der Waals surface area contributed by atoms with Crippen LogP contribution in [0.25, 0.3) is 0 Å². The van der Waals surface area contributed by atoms with Crippen molar-refractivity contribution in [3.05, 3.63) is 35.9 Å². The molecule has 0 radical (unpaired) electrons. The van der Waals surface area contributed by atoms with Crippen molar-refractivity contribution in [3.63, 3.8) is 0 Å². The summed E-state index contributed by atoms with van der Waals surface area (Å²) in [4.78, 5) is 23.2. The highest BCUT2D eigenvalue weighted by atomic mass is 16.4. The van der Waals surface area contributed by atoms with Crippen LogP contribution in [0, 0.1) is 5.41 Å². The number of hydrogen-bond acceptors (Lipinski definition) is 3. The van der Waals surface area contributed by atoms with Crippen molar-refractivity contribution >= 4 is 11.9 Å². The maximum atomic E-state index is 12.0. The molecule has 5 heteroatoms. The molecule has 1 saturated carbocycles. The molecule has 5 nitrogen and oxygen atoms in total. The third-order valence-corrected chi connectivity index (χ3v) is 3.61. The first-order valence-corrected chi connectivity index (χ1v) is 6.35. The number of nitrogens with two attached hydrogens (primary N) is 1. The minimum atomic E-state index is -1.02. The van der Waals surface area contributed by atoms with Crippen LogP contribution >= 0.6 is 0 Å². The van der Waals surface area contributed by atoms with E-state index < -0.39 is 17.4 Å². The molecule has 1 atom stereocenters. The van der Waals surface area contributed by atoms with Gasteiger partial charge in [-0.15, -0.1) is 0 Å². The SMILES string of the molecule is NCC1(C(=O)N[C@@H](Cc2ccccc2)C(=O)O)CC1. The Kier molecular flexibility index (Phi) is 3.85. The lowest BCUT2D eigenvalue weighted by Crippen LogP contribution is -2.47. The van der Waals surface area contributed by atoms with Crippen molar-refractivity contribution in [2.45, 2.75) is 25.3 Å². The van der Waals surface area contributed by atoms with Crippen molar-refractivity contribution < 1.29 is 14.7 Å². The van der Waals surface area contributed by atoms with Crippen molar-refractivity contribution in [1.29, 1.82) is 0 Å². The van der Waals surface area contributed by atoms with Crippen LogP contribution in [0.15, 0.2) is 30.3 Å². The first-order valence-electron chi connectivity index (χ1n) is 6.35. The lowest BCUT2D eigenvalue weighted by atomic mass is 10.0. The summed E-state index contributed by atoms with van der Waals surface area (Å²) in [6.07, 6.45) is 1.77. The Morgan fingerprint density at radius 2 is 1.95 bits per heavy atom. The van der Waals surface area contributed by atoms with Gasteiger partial charge in [-0.25, -0.2) is 4.79 Å². The van der Waals surface area contributed by atoms with Gasteiger partial charge in [0, 0.05) is 13.0 Å². The van der Waals surface area contributed by atoms with E-state index in [0.29, 0.717) is 0 Å². The summed E-state index contributed by atoms with van der Waals surface area (Å²) in [6.45, 7) is 0.274. The summed E-state index contributed by atoms with van der Waals surface area (Å²) >= 11 is 0. The molecule has 0 heterocycles. The van der Waals surface area contributed by atoms with Gasteiger partial charge in [0.15, 0.2) is 0 Å². The molecule has 1 aromatic carbocycles. The van der Waals surface area contributed by atoms with Gasteiger partial charge in [-0.05, 0) is 18.4 Å². The second-order valence-corrected chi connectivity index (χ2v) is 5.04. The predicted octanol–water partition coefficient (Wildman–Crippen LogP) is 0.537. The number of aliphatic carboxylic acids is 1. The van der Waals surface area contributed by atoms with Crippen molar-refractivity contribution in [2.24, 2.45) is 11.1 Å². The van der Waals surface area contributed by atoms with Gasteiger partial charge in [-0.1, -0.05) is 30.3 Å². The molecule has 0 aromatic heterocycles. The lowest BCUT2D eigenvalue weighted by Gasteiger charge is -2.18. The number of amides is 1. The maximum absolute atomic E-state index is 12.0. The van der Waals surface area contributed by atoms with Gasteiger partial charge >= 0.3 is 5.97 Å². The summed E-state index contributed by atoms with van der Waals surface area (Å²) in [6, 6.07) is 8.34. The fraction of sp³-hybridized carbons (Fsp3) is 0.429. The summed E-state index contributed by atoms with van der Waals surface area (Å²) in [7, 11) is 0. The summed E-state index contributed by atoms with van der Waals surface area (Å²) in [5.41, 5.74) is 5.92. The fourth-order valence-corrected chi connectivity index (χ4v) is 2.04. The number of nitrogens with one attached hydrogen (secondary N) is 1. The largest absolute Gasteiger partial charge is 0.480 e. The van der Waals surface area contributed by atoms with E-state index in [9.17, 15) is 14.7 Å². The van der Waals surface area contributed by atoms with E-state index in [1.807, 2.05) is 30.3 Å². The molecule has 1 fully saturated rings. The highest BCUT2D eigenvalue weighted by Gasteiger charge is 2.49. The van der Waals surface area contributed by atoms with E-state index in [0.717, 1.165) is 18.4 Å². The second kappa shape index (κ2) is 5.40. The van der Waals surface area contributed by atoms with E-state index in [2.05, 4.69) is 5.32 Å². The second-order valence-electron chi connectivity index (χ2n) is 5.04. The number of carboxylic acids is 1. The Labute approximate surface area is 111 Å². The third-order valence-electron chi connectivity index (χ3n) is 3.61. The van der Waals surface area contributed by atoms with Gasteiger partial charge in [0.25, 0.3) is 0 Å². The molecule has 1 aliphatic carbocycles. The van der Waals surface area contributed by atoms with Crippen LogP contribution in [-0.2, 0) is 16.0 Å². The van der Waals surface area contributed by atoms with Gasteiger partial charge in [-0.2, -0.15) is 0 Å². The zero-order chi connectivity index (χ0) is 13.9. The number of carbonyl (C=O) groups is 2. The summed E-state index contributed by atoms with van der Waals surface area (Å²) in [5.74, 6) is -1.26. The van der Waals surface area contributed by atoms with Crippen LogP contribution in [-0.4, -0.2) is 29.6 Å². The van der Waals surface area contributed by atoms with Gasteiger partial charge in [0.2, 0.25) is 5.91 Å². The molecule has 0 saturated heterocycles. The van der Waals surface area contributed by atoms with Crippen LogP contribution in [0.1, 0.15) is 18.4 Å². The number of rotatable bonds is 6. The Morgan fingerprint density at radius 1 is 1.32 bits per heavy atom. The third kappa shape index (κ3) is 3.12. The molecule has 0 bridgehead atoms. The minimum Gasteiger partial charge on any atom is -0.480 e. The van der Waals surface area contributed by atoms with Gasteiger partial charge in [-0.3, -0.25) is 4.79 Å². The molecule has 1 aliphatic rings. The maximum Gasteiger partial charge on any atom is 0.326 e. The topological polar surface area (TPSA) is 92.4 Å². The Hall–Kier alpha value is -1.88. The van der Waals surface area contributed by atoms with Gasteiger partial charge in [0.05, 0.1) is 5.41 Å². The van der Waals surface area contributed by atoms with E-state index in [4.69, 9.17) is 5.73 Å². The quantitative estimate of drug-likeness (QED) is 0.697. The molecular weight excluding hydrogens is 244 g/mol. The van der Waals surface area contributed by atoms with Gasteiger partial charge in [0.1, 0.15) is 6.04 Å². The standard InChI is InChI=1S/C14H18N2O3/c15-9-14(6-7-14)13(19)16-11(12(17)18)8-10-4-2-1-3-5-10/h1-5,11H,6-9,15H2,(H,16,19)(H,17,18)/t11-/m0/s1. The van der Waals surface area contributed by atoms with Crippen molar-refractivity contribution in [1.82, 2.24) is 5.32 Å². The average molecular weight is 262 g/mol. The van der Waals surface area contributed by atoms with Crippen molar-refractivity contribution in [2.75, 3.05) is 6.54 Å². The highest BCUT2D eigenvalue weighted by molar-refractivity contribution is 5.89. The number of benzene rings is 1. The van der Waals surface area contributed by atoms with E-state index in [1.165, 1.54) is 0 Å². The summed E-state index contributed by atoms with van der Waals surface area (Å²) < 4.78 is 0. The van der Waals surface area contributed by atoms with Crippen LogP contribution in [0.3, 0.4) is 0 Å². The first kappa shape index (κ1) is 13.5. The fourth-order valence-electron chi connectivity index (χ4n) is 2.04. The van der Waals surface area contributed by atoms with E-state index in [1.54, 1.807) is 0 Å². The van der Waals surface area contributed by atoms with Crippen LogP contribution < -0.4 is 11.1 Å². The minimum absolute atomic E-state index is 0.238. The predicted molar refractivity (Wildman–Crippen MR) is 70.4 cm³/mol. The molecule has 0 aliphatic heterocycles. The molecule has 1 amide bonds. The Balaban J connectivity index is 2.01. The number of carboxylic acid groups (broad SMARTS) is 1. The smallest absolute Gasteiger partial charge is 0.326 e. The first-order chi connectivity index (χ1) is 9.07. The van der Waals surface area contributed by atoms with Crippen LogP contribution in [0.4, 0.5) is 0 Å². The Bertz CT molecular complexity index is 469. The molecule has 0 spiro atoms. The van der Waals surface area contributed by atoms with E-state index in [-0.39, 0.29) is 18.9 Å². The van der Waals surface area contributed by atoms with Crippen LogP contribution in [0.2, 0.25) is 0 Å². The lowest BCUT2D eigenvalue weighted by molar-refractivity contribution is -0.142. The molecule has 0 unspecified atom stereocenters. The van der Waals surface area contributed by atoms with Gasteiger partial charge < -0.3 is 16.2 Å².